The Balaban J connectivity index is 2.27. The molecule has 1 fully saturated rings. The molecule has 1 heterocycles. The summed E-state index contributed by atoms with van der Waals surface area (Å²) in [5.41, 5.74) is -0.506. The van der Waals surface area contributed by atoms with Crippen molar-refractivity contribution in [3.63, 3.8) is 0 Å². The van der Waals surface area contributed by atoms with Gasteiger partial charge in [0.2, 0.25) is 10.0 Å². The van der Waals surface area contributed by atoms with Crippen LogP contribution in [-0.2, 0) is 14.8 Å². The maximum absolute atomic E-state index is 12.6. The molecule has 1 aliphatic heterocycles. The van der Waals surface area contributed by atoms with Crippen molar-refractivity contribution in [3.8, 4) is 5.75 Å². The fourth-order valence-corrected chi connectivity index (χ4v) is 4.08. The maximum atomic E-state index is 12.6. The van der Waals surface area contributed by atoms with Crippen molar-refractivity contribution in [2.75, 3.05) is 19.6 Å². The van der Waals surface area contributed by atoms with E-state index in [1.165, 1.54) is 29.4 Å². The molecule has 0 aliphatic carbocycles. The van der Waals surface area contributed by atoms with Gasteiger partial charge in [-0.3, -0.25) is 14.9 Å². The van der Waals surface area contributed by atoms with Gasteiger partial charge in [-0.25, -0.2) is 8.42 Å². The van der Waals surface area contributed by atoms with Crippen molar-refractivity contribution in [1.29, 1.82) is 0 Å². The zero-order valence-electron chi connectivity index (χ0n) is 14.4. The molecule has 0 aromatic heterocycles. The van der Waals surface area contributed by atoms with Crippen LogP contribution in [0.4, 0.5) is 5.69 Å². The van der Waals surface area contributed by atoms with Crippen LogP contribution in [0.5, 0.6) is 5.75 Å². The third-order valence-electron chi connectivity index (χ3n) is 3.92. The molecule has 0 spiro atoms. The third kappa shape index (κ3) is 4.38. The van der Waals surface area contributed by atoms with E-state index in [0.29, 0.717) is 13.1 Å². The fraction of sp³-hybridized carbons (Fsp3) is 0.438. The smallest absolute Gasteiger partial charge is 0.312 e. The highest BCUT2D eigenvalue weighted by atomic mass is 32.2. The van der Waals surface area contributed by atoms with Crippen molar-refractivity contribution < 1.29 is 22.9 Å². The second kappa shape index (κ2) is 8.28. The van der Waals surface area contributed by atoms with E-state index in [1.807, 2.05) is 0 Å². The molecule has 1 amide bonds. The number of rotatable bonds is 8. The fourth-order valence-electron chi connectivity index (χ4n) is 2.54. The van der Waals surface area contributed by atoms with Gasteiger partial charge >= 0.3 is 5.69 Å². The summed E-state index contributed by atoms with van der Waals surface area (Å²) < 4.78 is 31.8. The minimum atomic E-state index is -3.79. The monoisotopic (exact) mass is 383 g/mol. The number of nitro benzene ring substituents is 1. The molecule has 2 rings (SSSR count). The normalized spacial score (nSPS) is 16.0. The van der Waals surface area contributed by atoms with E-state index in [0.717, 1.165) is 18.9 Å². The summed E-state index contributed by atoms with van der Waals surface area (Å²) in [5, 5.41) is 13.9. The number of hydrogen-bond donors (Lipinski definition) is 1. The van der Waals surface area contributed by atoms with Crippen molar-refractivity contribution in [1.82, 2.24) is 9.62 Å². The predicted octanol–water partition coefficient (Wildman–Crippen LogP) is 1.45. The summed E-state index contributed by atoms with van der Waals surface area (Å²) >= 11 is 0. The molecule has 10 heteroatoms. The Hall–Kier alpha value is -2.46. The number of carbonyl (C=O) groups excluding carboxylic acids is 1. The van der Waals surface area contributed by atoms with Crippen LogP contribution in [0.25, 0.3) is 0 Å². The number of nitrogens with one attached hydrogen (secondary N) is 1. The summed E-state index contributed by atoms with van der Waals surface area (Å²) in [6.45, 7) is 5.95. The number of amides is 1. The number of sulfonamides is 1. The topological polar surface area (TPSA) is 119 Å². The van der Waals surface area contributed by atoms with Gasteiger partial charge in [0.25, 0.3) is 5.91 Å². The summed E-state index contributed by atoms with van der Waals surface area (Å²) in [6, 6.07) is 3.43. The van der Waals surface area contributed by atoms with E-state index in [9.17, 15) is 23.3 Å². The molecular formula is C16H21N3O6S. The van der Waals surface area contributed by atoms with E-state index >= 15 is 0 Å². The lowest BCUT2D eigenvalue weighted by Crippen LogP contribution is -2.36. The molecule has 0 saturated carbocycles. The second-order valence-electron chi connectivity index (χ2n) is 5.79. The Bertz CT molecular complexity index is 802. The van der Waals surface area contributed by atoms with Gasteiger partial charge in [0.15, 0.2) is 11.9 Å². The number of benzene rings is 1. The Morgan fingerprint density at radius 2 is 2.12 bits per heavy atom. The molecule has 0 bridgehead atoms. The first-order chi connectivity index (χ1) is 12.3. The molecule has 9 nitrogen and oxygen atoms in total. The lowest BCUT2D eigenvalue weighted by atomic mass is 10.3. The average Bonchev–Trinajstić information content (AvgIpc) is 3.15. The quantitative estimate of drug-likeness (QED) is 0.412. The number of ether oxygens (including phenoxy) is 1. The maximum Gasteiger partial charge on any atom is 0.312 e. The first-order valence-electron chi connectivity index (χ1n) is 8.11. The SMILES string of the molecule is C=CCNC(=O)[C@H](C)Oc1ccc(S(=O)(=O)N2CCCC2)cc1[N+](=O)[O-]. The molecule has 1 saturated heterocycles. The van der Waals surface area contributed by atoms with Gasteiger partial charge in [0, 0.05) is 25.7 Å². The van der Waals surface area contributed by atoms with E-state index in [2.05, 4.69) is 11.9 Å². The zero-order chi connectivity index (χ0) is 19.3. The molecule has 1 N–H and O–H groups in total. The summed E-state index contributed by atoms with van der Waals surface area (Å²) in [4.78, 5) is 22.3. The van der Waals surface area contributed by atoms with Crippen LogP contribution in [0.15, 0.2) is 35.7 Å². The van der Waals surface area contributed by atoms with Gasteiger partial charge in [0.1, 0.15) is 0 Å². The summed E-state index contributed by atoms with van der Waals surface area (Å²) in [5.74, 6) is -0.635. The first-order valence-corrected chi connectivity index (χ1v) is 9.55. The Kier molecular flexibility index (Phi) is 6.32. The summed E-state index contributed by atoms with van der Waals surface area (Å²) in [7, 11) is -3.79. The lowest BCUT2D eigenvalue weighted by Gasteiger charge is -2.17. The van der Waals surface area contributed by atoms with Gasteiger partial charge in [-0.1, -0.05) is 6.08 Å². The molecule has 0 unspecified atom stereocenters. The Labute approximate surface area is 151 Å². The van der Waals surface area contributed by atoms with Crippen LogP contribution < -0.4 is 10.1 Å². The van der Waals surface area contributed by atoms with Gasteiger partial charge in [0.05, 0.1) is 9.82 Å². The number of nitro groups is 1. The predicted molar refractivity (Wildman–Crippen MR) is 94.4 cm³/mol. The highest BCUT2D eigenvalue weighted by molar-refractivity contribution is 7.89. The molecule has 1 aromatic carbocycles. The van der Waals surface area contributed by atoms with Gasteiger partial charge in [-0.05, 0) is 31.9 Å². The van der Waals surface area contributed by atoms with Crippen LogP contribution in [0.2, 0.25) is 0 Å². The third-order valence-corrected chi connectivity index (χ3v) is 5.82. The zero-order valence-corrected chi connectivity index (χ0v) is 15.2. The molecule has 142 valence electrons. The average molecular weight is 383 g/mol. The first kappa shape index (κ1) is 19.9. The molecular weight excluding hydrogens is 362 g/mol. The highest BCUT2D eigenvalue weighted by Crippen LogP contribution is 2.32. The number of hydrogen-bond acceptors (Lipinski definition) is 6. The van der Waals surface area contributed by atoms with Crippen LogP contribution in [0, 0.1) is 10.1 Å². The molecule has 1 aromatic rings. The number of nitrogens with zero attached hydrogens (tertiary/aromatic N) is 2. The molecule has 1 aliphatic rings. The van der Waals surface area contributed by atoms with Crippen LogP contribution in [-0.4, -0.2) is 49.3 Å². The standard InChI is InChI=1S/C16H21N3O6S/c1-3-8-17-16(20)12(2)25-15-7-6-13(11-14(15)19(21)22)26(23,24)18-9-4-5-10-18/h3,6-7,11-12H,1,4-5,8-10H2,2H3,(H,17,20)/t12-/m0/s1. The lowest BCUT2D eigenvalue weighted by molar-refractivity contribution is -0.386. The van der Waals surface area contributed by atoms with Crippen molar-refractivity contribution >= 4 is 21.6 Å². The largest absolute Gasteiger partial charge is 0.474 e. The van der Waals surface area contributed by atoms with E-state index < -0.39 is 32.6 Å². The van der Waals surface area contributed by atoms with Gasteiger partial charge in [-0.15, -0.1) is 6.58 Å². The second-order valence-corrected chi connectivity index (χ2v) is 7.73. The van der Waals surface area contributed by atoms with Gasteiger partial charge < -0.3 is 10.1 Å². The van der Waals surface area contributed by atoms with E-state index in [1.54, 1.807) is 0 Å². The van der Waals surface area contributed by atoms with Gasteiger partial charge in [-0.2, -0.15) is 4.31 Å². The summed E-state index contributed by atoms with van der Waals surface area (Å²) in [6.07, 6.45) is 2.03. The minimum Gasteiger partial charge on any atom is -0.474 e. The van der Waals surface area contributed by atoms with Crippen molar-refractivity contribution in [2.24, 2.45) is 0 Å². The number of carbonyl (C=O) groups is 1. The Morgan fingerprint density at radius 1 is 1.46 bits per heavy atom. The van der Waals surface area contributed by atoms with Crippen molar-refractivity contribution in [3.05, 3.63) is 41.0 Å². The van der Waals surface area contributed by atoms with Crippen LogP contribution in [0.3, 0.4) is 0 Å². The van der Waals surface area contributed by atoms with E-state index in [4.69, 9.17) is 4.74 Å². The van der Waals surface area contributed by atoms with Crippen LogP contribution >= 0.6 is 0 Å². The highest BCUT2D eigenvalue weighted by Gasteiger charge is 2.30. The van der Waals surface area contributed by atoms with Crippen molar-refractivity contribution in [2.45, 2.75) is 30.8 Å². The van der Waals surface area contributed by atoms with Crippen LogP contribution in [0.1, 0.15) is 19.8 Å². The Morgan fingerprint density at radius 3 is 2.69 bits per heavy atom. The minimum absolute atomic E-state index is 0.165. The van der Waals surface area contributed by atoms with E-state index in [-0.39, 0.29) is 17.2 Å². The molecule has 0 radical (unpaired) electrons. The molecule has 26 heavy (non-hydrogen) atoms. The molecule has 1 atom stereocenters.